The minimum absolute atomic E-state index is 0.171. The van der Waals surface area contributed by atoms with Crippen LogP contribution in [0.1, 0.15) is 28.4 Å². The smallest absolute Gasteiger partial charge is 0.347 e. The Morgan fingerprint density at radius 3 is 2.03 bits per heavy atom. The second kappa shape index (κ2) is 10.1. The van der Waals surface area contributed by atoms with Crippen molar-refractivity contribution in [2.75, 3.05) is 0 Å². The molecule has 1 unspecified atom stereocenters. The Kier molecular flexibility index (Phi) is 7.00. The van der Waals surface area contributed by atoms with E-state index in [1.54, 1.807) is 31.2 Å². The van der Waals surface area contributed by atoms with Crippen molar-refractivity contribution < 1.29 is 19.1 Å². The Bertz CT molecular complexity index is 924. The molecule has 0 radical (unpaired) electrons. The molecule has 0 bridgehead atoms. The SMILES string of the molecule is CC(Oc1ccc(C(=O)NCc2ccccc2)cc1)C(=O)OCc1ccccc1. The van der Waals surface area contributed by atoms with Crippen LogP contribution < -0.4 is 10.1 Å². The Hall–Kier alpha value is -3.60. The van der Waals surface area contributed by atoms with Gasteiger partial charge in [0.05, 0.1) is 0 Å². The zero-order chi connectivity index (χ0) is 20.5. The lowest BCUT2D eigenvalue weighted by Crippen LogP contribution is -2.26. The molecule has 5 nitrogen and oxygen atoms in total. The van der Waals surface area contributed by atoms with Crippen molar-refractivity contribution in [3.05, 3.63) is 102 Å². The third kappa shape index (κ3) is 6.21. The van der Waals surface area contributed by atoms with Crippen LogP contribution in [0.25, 0.3) is 0 Å². The van der Waals surface area contributed by atoms with Crippen molar-refractivity contribution in [2.45, 2.75) is 26.2 Å². The fourth-order valence-electron chi connectivity index (χ4n) is 2.66. The van der Waals surface area contributed by atoms with E-state index in [2.05, 4.69) is 5.32 Å². The van der Waals surface area contributed by atoms with Gasteiger partial charge in [-0.3, -0.25) is 4.79 Å². The average Bonchev–Trinajstić information content (AvgIpc) is 2.77. The van der Waals surface area contributed by atoms with Gasteiger partial charge in [0.1, 0.15) is 12.4 Å². The lowest BCUT2D eigenvalue weighted by atomic mass is 10.2. The van der Waals surface area contributed by atoms with E-state index in [0.717, 1.165) is 11.1 Å². The van der Waals surface area contributed by atoms with E-state index in [1.807, 2.05) is 60.7 Å². The minimum Gasteiger partial charge on any atom is -0.479 e. The number of hydrogen-bond acceptors (Lipinski definition) is 4. The molecule has 148 valence electrons. The van der Waals surface area contributed by atoms with Gasteiger partial charge in [-0.1, -0.05) is 60.7 Å². The van der Waals surface area contributed by atoms with Crippen molar-refractivity contribution >= 4 is 11.9 Å². The monoisotopic (exact) mass is 389 g/mol. The predicted octanol–water partition coefficient (Wildman–Crippen LogP) is 4.13. The highest BCUT2D eigenvalue weighted by molar-refractivity contribution is 5.94. The molecule has 0 aliphatic rings. The highest BCUT2D eigenvalue weighted by Gasteiger charge is 2.16. The standard InChI is InChI=1S/C24H23NO4/c1-18(24(27)28-17-20-10-6-3-7-11-20)29-22-14-12-21(13-15-22)23(26)25-16-19-8-4-2-5-9-19/h2-15,18H,16-17H2,1H3,(H,25,26). The molecule has 1 N–H and O–H groups in total. The first-order valence-electron chi connectivity index (χ1n) is 9.41. The number of amides is 1. The zero-order valence-electron chi connectivity index (χ0n) is 16.2. The summed E-state index contributed by atoms with van der Waals surface area (Å²) in [6, 6.07) is 25.8. The van der Waals surface area contributed by atoms with E-state index in [9.17, 15) is 9.59 Å². The summed E-state index contributed by atoms with van der Waals surface area (Å²) >= 11 is 0. The molecule has 0 saturated carbocycles. The highest BCUT2D eigenvalue weighted by Crippen LogP contribution is 2.15. The summed E-state index contributed by atoms with van der Waals surface area (Å²) in [7, 11) is 0. The molecule has 0 aromatic heterocycles. The van der Waals surface area contributed by atoms with Crippen molar-refractivity contribution in [1.82, 2.24) is 5.32 Å². The number of hydrogen-bond donors (Lipinski definition) is 1. The van der Waals surface area contributed by atoms with Crippen LogP contribution in [-0.4, -0.2) is 18.0 Å². The maximum absolute atomic E-state index is 12.3. The van der Waals surface area contributed by atoms with Crippen molar-refractivity contribution in [1.29, 1.82) is 0 Å². The fourth-order valence-corrected chi connectivity index (χ4v) is 2.66. The Morgan fingerprint density at radius 2 is 1.41 bits per heavy atom. The summed E-state index contributed by atoms with van der Waals surface area (Å²) < 4.78 is 10.9. The van der Waals surface area contributed by atoms with Gasteiger partial charge in [-0.25, -0.2) is 4.79 Å². The first-order valence-corrected chi connectivity index (χ1v) is 9.41. The third-order valence-electron chi connectivity index (χ3n) is 4.28. The molecule has 0 aliphatic carbocycles. The minimum atomic E-state index is -0.753. The van der Waals surface area contributed by atoms with E-state index in [0.29, 0.717) is 17.9 Å². The Morgan fingerprint density at radius 1 is 0.828 bits per heavy atom. The second-order valence-electron chi connectivity index (χ2n) is 6.55. The summed E-state index contributed by atoms with van der Waals surface area (Å²) in [6.45, 7) is 2.30. The molecule has 0 fully saturated rings. The summed E-state index contributed by atoms with van der Waals surface area (Å²) in [5, 5.41) is 2.87. The molecule has 29 heavy (non-hydrogen) atoms. The van der Waals surface area contributed by atoms with Gasteiger partial charge in [0.15, 0.2) is 6.10 Å². The van der Waals surface area contributed by atoms with Crippen molar-refractivity contribution in [2.24, 2.45) is 0 Å². The van der Waals surface area contributed by atoms with E-state index in [1.165, 1.54) is 0 Å². The molecule has 0 spiro atoms. The third-order valence-corrected chi connectivity index (χ3v) is 4.28. The molecular weight excluding hydrogens is 366 g/mol. The molecule has 1 atom stereocenters. The Balaban J connectivity index is 1.47. The van der Waals surface area contributed by atoms with E-state index in [4.69, 9.17) is 9.47 Å². The Labute approximate surface area is 170 Å². The van der Waals surface area contributed by atoms with Gasteiger partial charge in [0, 0.05) is 12.1 Å². The normalized spacial score (nSPS) is 11.3. The average molecular weight is 389 g/mol. The van der Waals surface area contributed by atoms with E-state index >= 15 is 0 Å². The van der Waals surface area contributed by atoms with Gasteiger partial charge in [-0.2, -0.15) is 0 Å². The largest absolute Gasteiger partial charge is 0.479 e. The topological polar surface area (TPSA) is 64.6 Å². The summed E-state index contributed by atoms with van der Waals surface area (Å²) in [4.78, 5) is 24.4. The molecule has 0 saturated heterocycles. The molecule has 3 rings (SSSR count). The summed E-state index contributed by atoms with van der Waals surface area (Å²) in [6.07, 6.45) is -0.753. The fraction of sp³-hybridized carbons (Fsp3) is 0.167. The molecular formula is C24H23NO4. The molecule has 5 heteroatoms. The lowest BCUT2D eigenvalue weighted by Gasteiger charge is -2.14. The van der Waals surface area contributed by atoms with E-state index in [-0.39, 0.29) is 12.5 Å². The molecule has 0 heterocycles. The number of nitrogens with one attached hydrogen (secondary N) is 1. The van der Waals surface area contributed by atoms with Crippen LogP contribution in [0.15, 0.2) is 84.9 Å². The predicted molar refractivity (Wildman–Crippen MR) is 110 cm³/mol. The summed E-state index contributed by atoms with van der Waals surface area (Å²) in [5.41, 5.74) is 2.47. The van der Waals surface area contributed by atoms with E-state index < -0.39 is 12.1 Å². The first-order chi connectivity index (χ1) is 14.1. The number of rotatable bonds is 8. The van der Waals surface area contributed by atoms with Crippen LogP contribution in [0, 0.1) is 0 Å². The molecule has 3 aromatic rings. The number of esters is 1. The zero-order valence-corrected chi connectivity index (χ0v) is 16.2. The van der Waals surface area contributed by atoms with Gasteiger partial charge in [0.2, 0.25) is 0 Å². The van der Waals surface area contributed by atoms with Crippen LogP contribution in [0.3, 0.4) is 0 Å². The molecule has 1 amide bonds. The van der Waals surface area contributed by atoms with Crippen LogP contribution in [0.4, 0.5) is 0 Å². The lowest BCUT2D eigenvalue weighted by molar-refractivity contribution is -0.152. The van der Waals surface area contributed by atoms with Gasteiger partial charge < -0.3 is 14.8 Å². The molecule has 3 aromatic carbocycles. The van der Waals surface area contributed by atoms with Crippen LogP contribution in [0.5, 0.6) is 5.75 Å². The highest BCUT2D eigenvalue weighted by atomic mass is 16.6. The number of ether oxygens (including phenoxy) is 2. The van der Waals surface area contributed by atoms with Crippen molar-refractivity contribution in [3.8, 4) is 5.75 Å². The maximum Gasteiger partial charge on any atom is 0.347 e. The van der Waals surface area contributed by atoms with Crippen LogP contribution >= 0.6 is 0 Å². The number of benzene rings is 3. The van der Waals surface area contributed by atoms with Gasteiger partial charge in [-0.15, -0.1) is 0 Å². The number of carbonyl (C=O) groups is 2. The van der Waals surface area contributed by atoms with Crippen molar-refractivity contribution in [3.63, 3.8) is 0 Å². The summed E-state index contributed by atoms with van der Waals surface area (Å²) in [5.74, 6) is -0.122. The number of carbonyl (C=O) groups excluding carboxylic acids is 2. The second-order valence-corrected chi connectivity index (χ2v) is 6.55. The van der Waals surface area contributed by atoms with Gasteiger partial charge in [0.25, 0.3) is 5.91 Å². The molecule has 0 aliphatic heterocycles. The maximum atomic E-state index is 12.3. The first kappa shape index (κ1) is 20.1. The quantitative estimate of drug-likeness (QED) is 0.589. The van der Waals surface area contributed by atoms with Gasteiger partial charge in [-0.05, 0) is 42.3 Å². The van der Waals surface area contributed by atoms with Gasteiger partial charge >= 0.3 is 5.97 Å². The van der Waals surface area contributed by atoms with Crippen LogP contribution in [-0.2, 0) is 22.7 Å². The van der Waals surface area contributed by atoms with Crippen LogP contribution in [0.2, 0.25) is 0 Å².